The molecule has 1 fully saturated rings. The maximum atomic E-state index is 6.12. The molecule has 1 aliphatic rings. The average molecular weight is 270 g/mol. The van der Waals surface area contributed by atoms with Crippen LogP contribution in [0.1, 0.15) is 24.8 Å². The highest BCUT2D eigenvalue weighted by Gasteiger charge is 2.28. The Hall–Kier alpha value is -0.710. The normalized spacial score (nSPS) is 15.2. The van der Waals surface area contributed by atoms with Crippen LogP contribution in [-0.4, -0.2) is 27.5 Å². The Bertz CT molecular complexity index is 406. The van der Waals surface area contributed by atoms with Crippen LogP contribution in [0, 0.1) is 0 Å². The van der Waals surface area contributed by atoms with Gasteiger partial charge in [-0.1, -0.05) is 23.8 Å². The Kier molecular flexibility index (Phi) is 4.31. The Labute approximate surface area is 112 Å². The standard InChI is InChI=1S/C12H16ClN3S/c13-11-7-15-5-3-9(11)8-16(10-1-2-10)6-4-12(14)17/h3,5,7,10H,1-2,4,6,8H2,(H2,14,17). The zero-order valence-corrected chi connectivity index (χ0v) is 11.2. The molecule has 0 spiro atoms. The minimum Gasteiger partial charge on any atom is -0.393 e. The van der Waals surface area contributed by atoms with Gasteiger partial charge < -0.3 is 5.73 Å². The molecular weight excluding hydrogens is 254 g/mol. The maximum Gasteiger partial charge on any atom is 0.0740 e. The smallest absolute Gasteiger partial charge is 0.0740 e. The minimum absolute atomic E-state index is 0.580. The average Bonchev–Trinajstić information content (AvgIpc) is 3.10. The molecule has 0 radical (unpaired) electrons. The fraction of sp³-hybridized carbons (Fsp3) is 0.500. The molecule has 1 aliphatic carbocycles. The fourth-order valence-electron chi connectivity index (χ4n) is 1.84. The molecule has 0 unspecified atom stereocenters. The van der Waals surface area contributed by atoms with E-state index in [1.165, 1.54) is 12.8 Å². The third-order valence-electron chi connectivity index (χ3n) is 2.94. The van der Waals surface area contributed by atoms with Crippen molar-refractivity contribution in [2.75, 3.05) is 6.54 Å². The molecule has 92 valence electrons. The minimum atomic E-state index is 0.580. The monoisotopic (exact) mass is 269 g/mol. The van der Waals surface area contributed by atoms with Crippen molar-refractivity contribution in [1.29, 1.82) is 0 Å². The molecule has 0 saturated heterocycles. The summed E-state index contributed by atoms with van der Waals surface area (Å²) in [5.41, 5.74) is 6.68. The summed E-state index contributed by atoms with van der Waals surface area (Å²) in [6, 6.07) is 2.65. The number of nitrogens with two attached hydrogens (primary N) is 1. The number of halogens is 1. The van der Waals surface area contributed by atoms with Gasteiger partial charge in [0.15, 0.2) is 0 Å². The van der Waals surface area contributed by atoms with Crippen molar-refractivity contribution in [3.05, 3.63) is 29.0 Å². The lowest BCUT2D eigenvalue weighted by Crippen LogP contribution is -2.29. The second-order valence-corrected chi connectivity index (χ2v) is 5.32. The lowest BCUT2D eigenvalue weighted by Gasteiger charge is -2.22. The van der Waals surface area contributed by atoms with Gasteiger partial charge in [-0.05, 0) is 24.5 Å². The maximum absolute atomic E-state index is 6.12. The first-order valence-electron chi connectivity index (χ1n) is 5.77. The molecule has 1 saturated carbocycles. The van der Waals surface area contributed by atoms with E-state index in [1.807, 2.05) is 6.07 Å². The number of aromatic nitrogens is 1. The van der Waals surface area contributed by atoms with Crippen LogP contribution >= 0.6 is 23.8 Å². The van der Waals surface area contributed by atoms with Crippen LogP contribution < -0.4 is 5.73 Å². The number of hydrogen-bond acceptors (Lipinski definition) is 3. The molecule has 1 heterocycles. The molecule has 17 heavy (non-hydrogen) atoms. The van der Waals surface area contributed by atoms with Gasteiger partial charge in [0.05, 0.1) is 10.0 Å². The van der Waals surface area contributed by atoms with Crippen molar-refractivity contribution in [2.24, 2.45) is 5.73 Å². The summed E-state index contributed by atoms with van der Waals surface area (Å²) in [4.78, 5) is 6.98. The van der Waals surface area contributed by atoms with Crippen LogP contribution in [0.4, 0.5) is 0 Å². The second kappa shape index (κ2) is 5.76. The molecule has 2 rings (SSSR count). The van der Waals surface area contributed by atoms with E-state index in [2.05, 4.69) is 9.88 Å². The summed E-state index contributed by atoms with van der Waals surface area (Å²) in [5.74, 6) is 0. The molecular formula is C12H16ClN3S. The van der Waals surface area contributed by atoms with Gasteiger partial charge >= 0.3 is 0 Å². The van der Waals surface area contributed by atoms with E-state index in [9.17, 15) is 0 Å². The molecule has 0 bridgehead atoms. The molecule has 5 heteroatoms. The second-order valence-electron chi connectivity index (χ2n) is 4.39. The van der Waals surface area contributed by atoms with Crippen LogP contribution in [0.3, 0.4) is 0 Å². The molecule has 3 nitrogen and oxygen atoms in total. The summed E-state index contributed by atoms with van der Waals surface area (Å²) in [7, 11) is 0. The first-order chi connectivity index (χ1) is 8.16. The van der Waals surface area contributed by atoms with E-state index in [0.717, 1.165) is 30.1 Å². The van der Waals surface area contributed by atoms with Crippen LogP contribution in [0.5, 0.6) is 0 Å². The van der Waals surface area contributed by atoms with Gasteiger partial charge in [0.2, 0.25) is 0 Å². The van der Waals surface area contributed by atoms with Gasteiger partial charge in [-0.3, -0.25) is 9.88 Å². The number of pyridine rings is 1. The molecule has 0 amide bonds. The van der Waals surface area contributed by atoms with Crippen molar-refractivity contribution in [2.45, 2.75) is 31.8 Å². The van der Waals surface area contributed by atoms with Crippen LogP contribution in [0.2, 0.25) is 5.02 Å². The Morgan fingerprint density at radius 3 is 2.94 bits per heavy atom. The zero-order chi connectivity index (χ0) is 12.3. The zero-order valence-electron chi connectivity index (χ0n) is 9.60. The third kappa shape index (κ3) is 3.91. The van der Waals surface area contributed by atoms with Crippen molar-refractivity contribution < 1.29 is 0 Å². The van der Waals surface area contributed by atoms with E-state index < -0.39 is 0 Å². The van der Waals surface area contributed by atoms with Gasteiger partial charge in [-0.2, -0.15) is 0 Å². The van der Waals surface area contributed by atoms with Gasteiger partial charge in [0, 0.05) is 37.9 Å². The van der Waals surface area contributed by atoms with E-state index in [1.54, 1.807) is 12.4 Å². The largest absolute Gasteiger partial charge is 0.393 e. The van der Waals surface area contributed by atoms with Crippen LogP contribution in [-0.2, 0) is 6.54 Å². The SMILES string of the molecule is NC(=S)CCN(Cc1ccncc1Cl)C1CC1. The fourth-order valence-corrected chi connectivity index (χ4v) is 2.11. The molecule has 0 aromatic carbocycles. The topological polar surface area (TPSA) is 42.1 Å². The van der Waals surface area contributed by atoms with E-state index in [4.69, 9.17) is 29.6 Å². The molecule has 0 atom stereocenters. The Morgan fingerprint density at radius 1 is 1.59 bits per heavy atom. The number of thiocarbonyl (C=S) groups is 1. The molecule has 0 aliphatic heterocycles. The quantitative estimate of drug-likeness (QED) is 0.805. The van der Waals surface area contributed by atoms with Crippen molar-refractivity contribution >= 4 is 28.8 Å². The Balaban J connectivity index is 1.97. The lowest BCUT2D eigenvalue weighted by atomic mass is 10.2. The van der Waals surface area contributed by atoms with Gasteiger partial charge in [-0.25, -0.2) is 0 Å². The highest BCUT2D eigenvalue weighted by molar-refractivity contribution is 7.80. The first kappa shape index (κ1) is 12.7. The van der Waals surface area contributed by atoms with Crippen molar-refractivity contribution in [3.8, 4) is 0 Å². The number of rotatable bonds is 6. The summed E-state index contributed by atoms with van der Waals surface area (Å²) in [6.45, 7) is 1.77. The summed E-state index contributed by atoms with van der Waals surface area (Å²) >= 11 is 11.0. The summed E-state index contributed by atoms with van der Waals surface area (Å²) in [6.07, 6.45) is 6.77. The predicted octanol–water partition coefficient (Wildman–Crippen LogP) is 2.38. The van der Waals surface area contributed by atoms with Crippen LogP contribution in [0.15, 0.2) is 18.5 Å². The number of hydrogen-bond donors (Lipinski definition) is 1. The number of nitrogens with zero attached hydrogens (tertiary/aromatic N) is 2. The molecule has 1 aromatic rings. The van der Waals surface area contributed by atoms with Crippen LogP contribution in [0.25, 0.3) is 0 Å². The van der Waals surface area contributed by atoms with E-state index in [-0.39, 0.29) is 0 Å². The molecule has 2 N–H and O–H groups in total. The third-order valence-corrected chi connectivity index (χ3v) is 3.48. The first-order valence-corrected chi connectivity index (χ1v) is 6.56. The van der Waals surface area contributed by atoms with Gasteiger partial charge in [-0.15, -0.1) is 0 Å². The Morgan fingerprint density at radius 2 is 2.35 bits per heavy atom. The van der Waals surface area contributed by atoms with Gasteiger partial charge in [0.1, 0.15) is 0 Å². The summed E-state index contributed by atoms with van der Waals surface area (Å²) < 4.78 is 0. The van der Waals surface area contributed by atoms with E-state index >= 15 is 0 Å². The van der Waals surface area contributed by atoms with E-state index in [0.29, 0.717) is 11.0 Å². The highest BCUT2D eigenvalue weighted by Crippen LogP contribution is 2.29. The predicted molar refractivity (Wildman–Crippen MR) is 74.1 cm³/mol. The summed E-state index contributed by atoms with van der Waals surface area (Å²) in [5, 5.41) is 0.730. The van der Waals surface area contributed by atoms with Crippen molar-refractivity contribution in [1.82, 2.24) is 9.88 Å². The molecule has 1 aromatic heterocycles. The van der Waals surface area contributed by atoms with Crippen molar-refractivity contribution in [3.63, 3.8) is 0 Å². The highest BCUT2D eigenvalue weighted by atomic mass is 35.5. The lowest BCUT2D eigenvalue weighted by molar-refractivity contribution is 0.262. The van der Waals surface area contributed by atoms with Gasteiger partial charge in [0.25, 0.3) is 0 Å².